The minimum absolute atomic E-state index is 0.139. The van der Waals surface area contributed by atoms with E-state index >= 15 is 0 Å². The van der Waals surface area contributed by atoms with Crippen LogP contribution in [-0.4, -0.2) is 34.1 Å². The van der Waals surface area contributed by atoms with Gasteiger partial charge in [0.2, 0.25) is 0 Å². The van der Waals surface area contributed by atoms with E-state index < -0.39 is 5.97 Å². The molecule has 1 aromatic heterocycles. The zero-order valence-corrected chi connectivity index (χ0v) is 16.7. The van der Waals surface area contributed by atoms with Gasteiger partial charge in [0, 0.05) is 13.1 Å². The predicted octanol–water partition coefficient (Wildman–Crippen LogP) is 4.74. The molecule has 6 nitrogen and oxygen atoms in total. The highest BCUT2D eigenvalue weighted by molar-refractivity contribution is 9.13. The van der Waals surface area contributed by atoms with E-state index in [4.69, 9.17) is 9.52 Å². The lowest BCUT2D eigenvalue weighted by atomic mass is 10.2. The van der Waals surface area contributed by atoms with E-state index in [1.807, 2.05) is 0 Å². The van der Waals surface area contributed by atoms with Crippen LogP contribution in [0.2, 0.25) is 0 Å². The first kappa shape index (κ1) is 18.0. The standard InChI is InChI=1S/C16H10Br2N2O4S/c1-20-14(21)12(7-10-6-11(17)13(18)24-10)25-16(20)19-9-4-2-3-8(5-9)15(22)23/h2-7H,1H3,(H,22,23)/b12-7-,19-16?. The highest BCUT2D eigenvalue weighted by Gasteiger charge is 2.30. The van der Waals surface area contributed by atoms with Crippen LogP contribution in [0.15, 0.2) is 53.8 Å². The number of hydrogen-bond donors (Lipinski definition) is 1. The van der Waals surface area contributed by atoms with Gasteiger partial charge in [-0.1, -0.05) is 6.07 Å². The van der Waals surface area contributed by atoms with E-state index in [9.17, 15) is 9.59 Å². The third-order valence-corrected chi connectivity index (χ3v) is 6.03. The van der Waals surface area contributed by atoms with E-state index in [0.717, 1.165) is 4.47 Å². The first-order valence-electron chi connectivity index (χ1n) is 6.89. The quantitative estimate of drug-likeness (QED) is 0.635. The lowest BCUT2D eigenvalue weighted by molar-refractivity contribution is -0.121. The normalized spacial score (nSPS) is 17.7. The highest BCUT2D eigenvalue weighted by atomic mass is 79.9. The molecule has 1 aromatic carbocycles. The Kier molecular flexibility index (Phi) is 5.16. The summed E-state index contributed by atoms with van der Waals surface area (Å²) in [7, 11) is 1.62. The third kappa shape index (κ3) is 3.88. The number of hydrogen-bond acceptors (Lipinski definition) is 5. The molecule has 128 valence electrons. The summed E-state index contributed by atoms with van der Waals surface area (Å²) in [6.07, 6.45) is 1.63. The maximum atomic E-state index is 12.4. The van der Waals surface area contributed by atoms with Gasteiger partial charge in [-0.3, -0.25) is 9.69 Å². The van der Waals surface area contributed by atoms with Crippen molar-refractivity contribution in [2.24, 2.45) is 4.99 Å². The molecule has 1 aliphatic rings. The number of amidine groups is 1. The Hall–Kier alpha value is -1.84. The molecular weight excluding hydrogens is 476 g/mol. The van der Waals surface area contributed by atoms with Crippen molar-refractivity contribution < 1.29 is 19.1 Å². The lowest BCUT2D eigenvalue weighted by Crippen LogP contribution is -2.23. The summed E-state index contributed by atoms with van der Waals surface area (Å²) in [5.41, 5.74) is 0.603. The van der Waals surface area contributed by atoms with Gasteiger partial charge in [-0.25, -0.2) is 9.79 Å². The van der Waals surface area contributed by atoms with Crippen molar-refractivity contribution in [1.82, 2.24) is 4.90 Å². The number of thioether (sulfide) groups is 1. The Bertz CT molecular complexity index is 916. The summed E-state index contributed by atoms with van der Waals surface area (Å²) in [4.78, 5) is 29.7. The molecule has 0 bridgehead atoms. The summed E-state index contributed by atoms with van der Waals surface area (Å²) in [6, 6.07) is 7.98. The first-order valence-corrected chi connectivity index (χ1v) is 9.30. The van der Waals surface area contributed by atoms with Crippen LogP contribution in [-0.2, 0) is 4.79 Å². The Morgan fingerprint density at radius 3 is 2.76 bits per heavy atom. The molecule has 2 aromatic rings. The number of aliphatic imine (C=N–C) groups is 1. The fourth-order valence-electron chi connectivity index (χ4n) is 2.03. The maximum absolute atomic E-state index is 12.4. The summed E-state index contributed by atoms with van der Waals surface area (Å²) >= 11 is 7.77. The van der Waals surface area contributed by atoms with Crippen LogP contribution < -0.4 is 0 Å². The smallest absolute Gasteiger partial charge is 0.335 e. The molecule has 2 heterocycles. The molecule has 25 heavy (non-hydrogen) atoms. The van der Waals surface area contributed by atoms with Crippen LogP contribution in [0, 0.1) is 0 Å². The van der Waals surface area contributed by atoms with Gasteiger partial charge in [-0.15, -0.1) is 0 Å². The van der Waals surface area contributed by atoms with Crippen LogP contribution in [0.1, 0.15) is 16.1 Å². The number of nitrogens with zero attached hydrogens (tertiary/aromatic N) is 2. The average Bonchev–Trinajstić information content (AvgIpc) is 3.02. The number of carbonyl (C=O) groups is 2. The molecule has 0 spiro atoms. The van der Waals surface area contributed by atoms with Crippen LogP contribution in [0.25, 0.3) is 6.08 Å². The lowest BCUT2D eigenvalue weighted by Gasteiger charge is -2.07. The van der Waals surface area contributed by atoms with E-state index in [-0.39, 0.29) is 11.5 Å². The zero-order valence-electron chi connectivity index (χ0n) is 12.7. The van der Waals surface area contributed by atoms with Gasteiger partial charge in [0.25, 0.3) is 5.91 Å². The molecule has 0 unspecified atom stereocenters. The molecule has 1 aliphatic heterocycles. The number of benzene rings is 1. The molecule has 0 aliphatic carbocycles. The molecule has 0 radical (unpaired) electrons. The molecule has 1 amide bonds. The number of likely N-dealkylation sites (N-methyl/N-ethyl adjacent to an activating group) is 1. The number of carboxylic acid groups (broad SMARTS) is 1. The summed E-state index contributed by atoms with van der Waals surface area (Å²) < 4.78 is 6.76. The Morgan fingerprint density at radius 1 is 1.36 bits per heavy atom. The monoisotopic (exact) mass is 484 g/mol. The van der Waals surface area contributed by atoms with Crippen LogP contribution in [0.3, 0.4) is 0 Å². The second-order valence-electron chi connectivity index (χ2n) is 5.00. The predicted molar refractivity (Wildman–Crippen MR) is 103 cm³/mol. The van der Waals surface area contributed by atoms with Crippen molar-refractivity contribution in [3.05, 3.63) is 55.7 Å². The second kappa shape index (κ2) is 7.19. The molecule has 3 rings (SSSR count). The molecular formula is C16H10Br2N2O4S. The SMILES string of the molecule is CN1C(=O)/C(=C/c2cc(Br)c(Br)o2)SC1=Nc1cccc(C(=O)O)c1. The summed E-state index contributed by atoms with van der Waals surface area (Å²) in [6.45, 7) is 0. The van der Waals surface area contributed by atoms with Crippen LogP contribution in [0.4, 0.5) is 5.69 Å². The fourth-order valence-corrected chi connectivity index (χ4v) is 3.61. The maximum Gasteiger partial charge on any atom is 0.335 e. The van der Waals surface area contributed by atoms with Crippen molar-refractivity contribution in [2.45, 2.75) is 0 Å². The topological polar surface area (TPSA) is 83.1 Å². The van der Waals surface area contributed by atoms with Crippen molar-refractivity contribution in [1.29, 1.82) is 0 Å². The number of amides is 1. The Morgan fingerprint density at radius 2 is 2.12 bits per heavy atom. The second-order valence-corrected chi connectivity index (χ2v) is 7.58. The highest BCUT2D eigenvalue weighted by Crippen LogP contribution is 2.35. The molecule has 9 heteroatoms. The van der Waals surface area contributed by atoms with Gasteiger partial charge in [0.1, 0.15) is 5.76 Å². The van der Waals surface area contributed by atoms with Gasteiger partial charge in [0.05, 0.1) is 20.6 Å². The number of aromatic carboxylic acids is 1. The van der Waals surface area contributed by atoms with E-state index in [1.165, 1.54) is 28.8 Å². The minimum atomic E-state index is -1.03. The average molecular weight is 486 g/mol. The van der Waals surface area contributed by atoms with Crippen molar-refractivity contribution in [3.63, 3.8) is 0 Å². The number of halogens is 2. The van der Waals surface area contributed by atoms with Crippen molar-refractivity contribution >= 4 is 72.4 Å². The molecule has 0 atom stereocenters. The number of carbonyl (C=O) groups excluding carboxylic acids is 1. The summed E-state index contributed by atoms with van der Waals surface area (Å²) in [5.74, 6) is -0.709. The van der Waals surface area contributed by atoms with Crippen LogP contribution >= 0.6 is 43.6 Å². The first-order chi connectivity index (χ1) is 11.8. The molecule has 0 saturated carbocycles. The number of furan rings is 1. The molecule has 1 N–H and O–H groups in total. The van der Waals surface area contributed by atoms with Gasteiger partial charge in [-0.05, 0) is 67.9 Å². The van der Waals surface area contributed by atoms with Gasteiger partial charge in [0.15, 0.2) is 9.84 Å². The Balaban J connectivity index is 1.90. The number of rotatable bonds is 3. The zero-order chi connectivity index (χ0) is 18.1. The van der Waals surface area contributed by atoms with Crippen LogP contribution in [0.5, 0.6) is 0 Å². The Labute approximate surface area is 163 Å². The molecule has 1 saturated heterocycles. The third-order valence-electron chi connectivity index (χ3n) is 3.26. The fraction of sp³-hybridized carbons (Fsp3) is 0.0625. The van der Waals surface area contributed by atoms with Gasteiger partial charge in [-0.2, -0.15) is 0 Å². The van der Waals surface area contributed by atoms with Crippen molar-refractivity contribution in [3.8, 4) is 0 Å². The number of carboxylic acids is 1. The molecule has 1 fully saturated rings. The van der Waals surface area contributed by atoms with Gasteiger partial charge < -0.3 is 9.52 Å². The van der Waals surface area contributed by atoms with Gasteiger partial charge >= 0.3 is 5.97 Å². The van der Waals surface area contributed by atoms with E-state index in [2.05, 4.69) is 36.9 Å². The van der Waals surface area contributed by atoms with E-state index in [0.29, 0.717) is 26.2 Å². The summed E-state index contributed by atoms with van der Waals surface area (Å²) in [5, 5.41) is 9.51. The largest absolute Gasteiger partial charge is 0.478 e. The van der Waals surface area contributed by atoms with E-state index in [1.54, 1.807) is 31.3 Å². The van der Waals surface area contributed by atoms with Crippen molar-refractivity contribution in [2.75, 3.05) is 7.05 Å². The minimum Gasteiger partial charge on any atom is -0.478 e.